The summed E-state index contributed by atoms with van der Waals surface area (Å²) in [6.07, 6.45) is 4.80. The second-order valence-electron chi connectivity index (χ2n) is 5.35. The third kappa shape index (κ3) is 4.33. The summed E-state index contributed by atoms with van der Waals surface area (Å²) < 4.78 is 7.43. The second kappa shape index (κ2) is 7.84. The minimum Gasteiger partial charge on any atom is -0.382 e. The number of anilines is 1. The minimum atomic E-state index is 0.524. The second-order valence-corrected chi connectivity index (χ2v) is 5.35. The predicted octanol–water partition coefficient (Wildman–Crippen LogP) is 3.83. The lowest BCUT2D eigenvalue weighted by atomic mass is 10.0. The maximum Gasteiger partial charge on any atom is 0.207 e. The highest BCUT2D eigenvalue weighted by atomic mass is 16.5. The van der Waals surface area contributed by atoms with E-state index in [1.54, 1.807) is 0 Å². The molecule has 1 heterocycles. The molecule has 1 N–H and O–H groups in total. The van der Waals surface area contributed by atoms with E-state index in [1.165, 1.54) is 5.56 Å². The van der Waals surface area contributed by atoms with Crippen LogP contribution in [-0.4, -0.2) is 29.3 Å². The highest BCUT2D eigenvalue weighted by molar-refractivity contribution is 5.44. The molecule has 0 amide bonds. The molecule has 0 radical (unpaired) electrons. The molecule has 21 heavy (non-hydrogen) atoms. The molecule has 0 bridgehead atoms. The summed E-state index contributed by atoms with van der Waals surface area (Å²) in [6, 6.07) is 8.60. The van der Waals surface area contributed by atoms with E-state index in [2.05, 4.69) is 53.0 Å². The first-order chi connectivity index (χ1) is 10.2. The van der Waals surface area contributed by atoms with Crippen molar-refractivity contribution in [2.75, 3.05) is 25.1 Å². The van der Waals surface area contributed by atoms with Crippen molar-refractivity contribution in [3.05, 3.63) is 42.2 Å². The fraction of sp³-hybridized carbons (Fsp3) is 0.471. The monoisotopic (exact) mass is 287 g/mol. The number of ether oxygens (including phenoxy) is 1. The topological polar surface area (TPSA) is 39.1 Å². The molecular formula is C17H25N3O. The van der Waals surface area contributed by atoms with Crippen molar-refractivity contribution in [1.29, 1.82) is 0 Å². The zero-order valence-corrected chi connectivity index (χ0v) is 13.2. The van der Waals surface area contributed by atoms with Gasteiger partial charge in [-0.3, -0.25) is 4.57 Å². The first-order valence-corrected chi connectivity index (χ1v) is 7.67. The Bertz CT molecular complexity index is 548. The van der Waals surface area contributed by atoms with E-state index < -0.39 is 0 Å². The average Bonchev–Trinajstić information content (AvgIpc) is 2.95. The van der Waals surface area contributed by atoms with E-state index in [0.717, 1.165) is 37.8 Å². The van der Waals surface area contributed by atoms with Gasteiger partial charge in [-0.25, -0.2) is 4.98 Å². The first kappa shape index (κ1) is 15.6. The zero-order chi connectivity index (χ0) is 15.1. The number of aromatic nitrogens is 2. The fourth-order valence-electron chi connectivity index (χ4n) is 2.20. The summed E-state index contributed by atoms with van der Waals surface area (Å²) in [7, 11) is 0. The lowest BCUT2D eigenvalue weighted by Crippen LogP contribution is -2.10. The Morgan fingerprint density at radius 2 is 2.19 bits per heavy atom. The van der Waals surface area contributed by atoms with E-state index in [4.69, 9.17) is 4.74 Å². The van der Waals surface area contributed by atoms with Crippen LogP contribution in [0, 0.1) is 0 Å². The Hall–Kier alpha value is -1.81. The number of rotatable bonds is 8. The van der Waals surface area contributed by atoms with Crippen molar-refractivity contribution in [2.45, 2.75) is 33.1 Å². The van der Waals surface area contributed by atoms with Gasteiger partial charge in [-0.15, -0.1) is 0 Å². The molecule has 0 saturated carbocycles. The minimum absolute atomic E-state index is 0.524. The lowest BCUT2D eigenvalue weighted by Gasteiger charge is -2.12. The Morgan fingerprint density at radius 3 is 2.95 bits per heavy atom. The van der Waals surface area contributed by atoms with Gasteiger partial charge >= 0.3 is 0 Å². The van der Waals surface area contributed by atoms with Gasteiger partial charge in [0.1, 0.15) is 0 Å². The number of hydrogen-bond donors (Lipinski definition) is 1. The van der Waals surface area contributed by atoms with Gasteiger partial charge in [0.15, 0.2) is 0 Å². The van der Waals surface area contributed by atoms with Gasteiger partial charge in [0.25, 0.3) is 0 Å². The highest BCUT2D eigenvalue weighted by Crippen LogP contribution is 2.20. The zero-order valence-electron chi connectivity index (χ0n) is 13.2. The molecule has 0 unspecified atom stereocenters. The summed E-state index contributed by atoms with van der Waals surface area (Å²) in [5, 5.41) is 3.37. The molecule has 4 nitrogen and oxygen atoms in total. The summed E-state index contributed by atoms with van der Waals surface area (Å²) in [6.45, 7) is 8.85. The van der Waals surface area contributed by atoms with Gasteiger partial charge in [-0.1, -0.05) is 26.0 Å². The highest BCUT2D eigenvalue weighted by Gasteiger charge is 2.06. The Morgan fingerprint density at radius 1 is 1.33 bits per heavy atom. The van der Waals surface area contributed by atoms with Gasteiger partial charge in [-0.05, 0) is 37.0 Å². The van der Waals surface area contributed by atoms with Gasteiger partial charge in [0.05, 0.1) is 0 Å². The molecular weight excluding hydrogens is 262 g/mol. The van der Waals surface area contributed by atoms with Gasteiger partial charge in [-0.2, -0.15) is 0 Å². The quantitative estimate of drug-likeness (QED) is 0.750. The maximum atomic E-state index is 5.34. The molecule has 0 saturated heterocycles. The van der Waals surface area contributed by atoms with Crippen LogP contribution >= 0.6 is 0 Å². The molecule has 0 aliphatic heterocycles. The van der Waals surface area contributed by atoms with Crippen molar-refractivity contribution < 1.29 is 4.74 Å². The van der Waals surface area contributed by atoms with Crippen LogP contribution in [0.2, 0.25) is 0 Å². The third-order valence-electron chi connectivity index (χ3n) is 3.41. The van der Waals surface area contributed by atoms with E-state index in [-0.39, 0.29) is 0 Å². The van der Waals surface area contributed by atoms with Crippen molar-refractivity contribution in [3.8, 4) is 5.69 Å². The smallest absolute Gasteiger partial charge is 0.207 e. The number of benzene rings is 1. The van der Waals surface area contributed by atoms with Crippen LogP contribution in [0.4, 0.5) is 5.95 Å². The fourth-order valence-corrected chi connectivity index (χ4v) is 2.20. The molecule has 114 valence electrons. The molecule has 0 fully saturated rings. The Kier molecular flexibility index (Phi) is 5.81. The Balaban J connectivity index is 2.04. The maximum absolute atomic E-state index is 5.34. The number of nitrogens with one attached hydrogen (secondary N) is 1. The van der Waals surface area contributed by atoms with Crippen molar-refractivity contribution in [1.82, 2.24) is 9.55 Å². The standard InChI is InChI=1S/C17H25N3O/c1-4-21-12-6-9-18-17-19-10-11-20(17)16-8-5-7-15(13-16)14(2)3/h5,7-8,10-11,13-14H,4,6,9,12H2,1-3H3,(H,18,19). The van der Waals surface area contributed by atoms with Crippen LogP contribution in [0.5, 0.6) is 0 Å². The van der Waals surface area contributed by atoms with E-state index in [0.29, 0.717) is 5.92 Å². The number of hydrogen-bond acceptors (Lipinski definition) is 3. The van der Waals surface area contributed by atoms with Gasteiger partial charge < -0.3 is 10.1 Å². The SMILES string of the molecule is CCOCCCNc1nccn1-c1cccc(C(C)C)c1. The predicted molar refractivity (Wildman–Crippen MR) is 87.3 cm³/mol. The summed E-state index contributed by atoms with van der Waals surface area (Å²) in [4.78, 5) is 4.40. The molecule has 0 aliphatic carbocycles. The normalized spacial score (nSPS) is 11.0. The van der Waals surface area contributed by atoms with E-state index in [9.17, 15) is 0 Å². The number of nitrogens with zero attached hydrogens (tertiary/aromatic N) is 2. The van der Waals surface area contributed by atoms with Gasteiger partial charge in [0.2, 0.25) is 5.95 Å². The summed E-state index contributed by atoms with van der Waals surface area (Å²) in [5.74, 6) is 1.41. The van der Waals surface area contributed by atoms with Crippen molar-refractivity contribution >= 4 is 5.95 Å². The summed E-state index contributed by atoms with van der Waals surface area (Å²) >= 11 is 0. The van der Waals surface area contributed by atoms with Crippen LogP contribution in [0.15, 0.2) is 36.7 Å². The van der Waals surface area contributed by atoms with Crippen LogP contribution in [-0.2, 0) is 4.74 Å². The first-order valence-electron chi connectivity index (χ1n) is 7.67. The lowest BCUT2D eigenvalue weighted by molar-refractivity contribution is 0.147. The largest absolute Gasteiger partial charge is 0.382 e. The summed E-state index contributed by atoms with van der Waals surface area (Å²) in [5.41, 5.74) is 2.48. The van der Waals surface area contributed by atoms with E-state index in [1.807, 2.05) is 19.3 Å². The molecule has 0 spiro atoms. The third-order valence-corrected chi connectivity index (χ3v) is 3.41. The average molecular weight is 287 g/mol. The molecule has 0 atom stereocenters. The van der Waals surface area contributed by atoms with E-state index >= 15 is 0 Å². The van der Waals surface area contributed by atoms with Crippen LogP contribution < -0.4 is 5.32 Å². The number of imidazole rings is 1. The molecule has 2 rings (SSSR count). The molecule has 0 aliphatic rings. The van der Waals surface area contributed by atoms with Crippen molar-refractivity contribution in [2.24, 2.45) is 0 Å². The Labute approximate surface area is 127 Å². The molecule has 1 aromatic heterocycles. The van der Waals surface area contributed by atoms with Crippen LogP contribution in [0.3, 0.4) is 0 Å². The van der Waals surface area contributed by atoms with Crippen LogP contribution in [0.25, 0.3) is 5.69 Å². The molecule has 2 aromatic rings. The van der Waals surface area contributed by atoms with Crippen molar-refractivity contribution in [3.63, 3.8) is 0 Å². The molecule has 4 heteroatoms. The molecule has 1 aromatic carbocycles. The van der Waals surface area contributed by atoms with Gasteiger partial charge in [0, 0.05) is 37.8 Å². The van der Waals surface area contributed by atoms with Crippen LogP contribution in [0.1, 0.15) is 38.7 Å².